The van der Waals surface area contributed by atoms with Crippen LogP contribution in [-0.4, -0.2) is 17.7 Å². The number of thiophene rings is 1. The van der Waals surface area contributed by atoms with Crippen molar-refractivity contribution < 1.29 is 4.79 Å². The highest BCUT2D eigenvalue weighted by atomic mass is 32.1. The smallest absolute Gasteiger partial charge is 0.226 e. The SMILES string of the molecule is CC(C)=NC(C)CC(=O)Nc1c(C)csc1C. The van der Waals surface area contributed by atoms with Crippen molar-refractivity contribution in [2.24, 2.45) is 4.99 Å². The number of aliphatic imine (C=N–C) groups is 1. The van der Waals surface area contributed by atoms with Gasteiger partial charge in [0.2, 0.25) is 5.91 Å². The van der Waals surface area contributed by atoms with Gasteiger partial charge in [-0.3, -0.25) is 9.79 Å². The Morgan fingerprint density at radius 2 is 2.12 bits per heavy atom. The molecule has 0 saturated carbocycles. The van der Waals surface area contributed by atoms with Crippen LogP contribution in [0.4, 0.5) is 5.69 Å². The topological polar surface area (TPSA) is 41.5 Å². The second-order valence-corrected chi connectivity index (χ2v) is 5.61. The number of carbonyl (C=O) groups excluding carboxylic acids is 1. The van der Waals surface area contributed by atoms with E-state index in [-0.39, 0.29) is 11.9 Å². The van der Waals surface area contributed by atoms with Gasteiger partial charge in [-0.2, -0.15) is 0 Å². The van der Waals surface area contributed by atoms with Gasteiger partial charge in [0.05, 0.1) is 11.7 Å². The van der Waals surface area contributed by atoms with Crippen molar-refractivity contribution in [3.63, 3.8) is 0 Å². The molecule has 17 heavy (non-hydrogen) atoms. The zero-order chi connectivity index (χ0) is 13.0. The summed E-state index contributed by atoms with van der Waals surface area (Å²) in [4.78, 5) is 17.3. The highest BCUT2D eigenvalue weighted by molar-refractivity contribution is 7.10. The molecule has 0 saturated heterocycles. The van der Waals surface area contributed by atoms with E-state index in [1.54, 1.807) is 11.3 Å². The van der Waals surface area contributed by atoms with Gasteiger partial charge in [-0.25, -0.2) is 0 Å². The van der Waals surface area contributed by atoms with E-state index in [4.69, 9.17) is 0 Å². The second kappa shape index (κ2) is 5.96. The van der Waals surface area contributed by atoms with E-state index in [1.807, 2.05) is 34.6 Å². The first-order valence-corrected chi connectivity index (χ1v) is 6.63. The lowest BCUT2D eigenvalue weighted by Gasteiger charge is -2.09. The summed E-state index contributed by atoms with van der Waals surface area (Å²) in [5, 5.41) is 5.02. The maximum Gasteiger partial charge on any atom is 0.226 e. The number of hydrogen-bond acceptors (Lipinski definition) is 3. The molecule has 0 aliphatic rings. The third kappa shape index (κ3) is 4.30. The minimum atomic E-state index is 0.0344. The molecule has 0 spiro atoms. The molecule has 94 valence electrons. The molecule has 1 rings (SSSR count). The number of anilines is 1. The van der Waals surface area contributed by atoms with Gasteiger partial charge in [-0.15, -0.1) is 11.3 Å². The van der Waals surface area contributed by atoms with Gasteiger partial charge in [0.25, 0.3) is 0 Å². The Kier molecular flexibility index (Phi) is 4.87. The lowest BCUT2D eigenvalue weighted by Crippen LogP contribution is -2.18. The fraction of sp³-hybridized carbons (Fsp3) is 0.538. The van der Waals surface area contributed by atoms with Crippen molar-refractivity contribution in [1.82, 2.24) is 0 Å². The molecule has 0 aromatic carbocycles. The van der Waals surface area contributed by atoms with E-state index >= 15 is 0 Å². The molecule has 1 atom stereocenters. The normalized spacial score (nSPS) is 12.1. The van der Waals surface area contributed by atoms with Gasteiger partial charge in [-0.1, -0.05) is 0 Å². The number of rotatable bonds is 4. The van der Waals surface area contributed by atoms with Gasteiger partial charge in [-0.05, 0) is 45.6 Å². The van der Waals surface area contributed by atoms with Crippen LogP contribution in [-0.2, 0) is 4.79 Å². The Bertz CT molecular complexity index is 411. The molecular formula is C13H20N2OS. The van der Waals surface area contributed by atoms with Crippen molar-refractivity contribution in [2.45, 2.75) is 47.1 Å². The van der Waals surface area contributed by atoms with Crippen LogP contribution in [0.3, 0.4) is 0 Å². The molecule has 0 radical (unpaired) electrons. The summed E-state index contributed by atoms with van der Waals surface area (Å²) >= 11 is 1.66. The molecule has 4 heteroatoms. The van der Waals surface area contributed by atoms with Gasteiger partial charge in [0.1, 0.15) is 0 Å². The van der Waals surface area contributed by atoms with Crippen LogP contribution in [0.25, 0.3) is 0 Å². The third-order valence-electron chi connectivity index (χ3n) is 2.38. The fourth-order valence-corrected chi connectivity index (χ4v) is 2.51. The highest BCUT2D eigenvalue weighted by Crippen LogP contribution is 2.26. The molecule has 1 aromatic rings. The number of nitrogens with one attached hydrogen (secondary N) is 1. The molecule has 1 heterocycles. The van der Waals surface area contributed by atoms with Crippen LogP contribution in [0.1, 0.15) is 37.6 Å². The third-order valence-corrected chi connectivity index (χ3v) is 3.41. The van der Waals surface area contributed by atoms with E-state index < -0.39 is 0 Å². The Morgan fingerprint density at radius 1 is 1.47 bits per heavy atom. The van der Waals surface area contributed by atoms with Crippen molar-refractivity contribution in [3.8, 4) is 0 Å². The highest BCUT2D eigenvalue weighted by Gasteiger charge is 2.11. The first-order valence-electron chi connectivity index (χ1n) is 5.75. The monoisotopic (exact) mass is 252 g/mol. The van der Waals surface area contributed by atoms with E-state index in [1.165, 1.54) is 0 Å². The van der Waals surface area contributed by atoms with Crippen LogP contribution >= 0.6 is 11.3 Å². The summed E-state index contributed by atoms with van der Waals surface area (Å²) in [7, 11) is 0. The maximum atomic E-state index is 11.8. The van der Waals surface area contributed by atoms with E-state index in [9.17, 15) is 4.79 Å². The van der Waals surface area contributed by atoms with Crippen molar-refractivity contribution in [3.05, 3.63) is 15.8 Å². The Morgan fingerprint density at radius 3 is 2.59 bits per heavy atom. The number of aryl methyl sites for hydroxylation is 2. The van der Waals surface area contributed by atoms with Crippen molar-refractivity contribution in [1.29, 1.82) is 0 Å². The molecule has 1 amide bonds. The van der Waals surface area contributed by atoms with E-state index in [2.05, 4.69) is 15.7 Å². The Hall–Kier alpha value is -1.16. The molecule has 0 aliphatic carbocycles. The molecule has 0 bridgehead atoms. The first-order chi connectivity index (χ1) is 7.90. The fourth-order valence-electron chi connectivity index (χ4n) is 1.70. The summed E-state index contributed by atoms with van der Waals surface area (Å²) in [6.45, 7) is 9.88. The van der Waals surface area contributed by atoms with Gasteiger partial charge < -0.3 is 5.32 Å². The summed E-state index contributed by atoms with van der Waals surface area (Å²) in [6.07, 6.45) is 0.430. The van der Waals surface area contributed by atoms with E-state index in [0.29, 0.717) is 6.42 Å². The number of carbonyl (C=O) groups is 1. The van der Waals surface area contributed by atoms with Crippen LogP contribution in [0.15, 0.2) is 10.4 Å². The summed E-state index contributed by atoms with van der Waals surface area (Å²) in [5.41, 5.74) is 3.10. The molecule has 1 N–H and O–H groups in total. The lowest BCUT2D eigenvalue weighted by molar-refractivity contribution is -0.116. The van der Waals surface area contributed by atoms with Gasteiger partial charge >= 0.3 is 0 Å². The molecule has 0 fully saturated rings. The van der Waals surface area contributed by atoms with Crippen molar-refractivity contribution in [2.75, 3.05) is 5.32 Å². The zero-order valence-corrected chi connectivity index (χ0v) is 11.9. The summed E-state index contributed by atoms with van der Waals surface area (Å²) in [6, 6.07) is 0.0410. The maximum absolute atomic E-state index is 11.8. The van der Waals surface area contributed by atoms with Crippen molar-refractivity contribution >= 4 is 28.6 Å². The average Bonchev–Trinajstić information content (AvgIpc) is 2.47. The predicted octanol–water partition coefficient (Wildman–Crippen LogP) is 3.56. The lowest BCUT2D eigenvalue weighted by atomic mass is 10.2. The number of hydrogen-bond donors (Lipinski definition) is 1. The quantitative estimate of drug-likeness (QED) is 0.818. The largest absolute Gasteiger partial charge is 0.325 e. The van der Waals surface area contributed by atoms with E-state index in [0.717, 1.165) is 21.8 Å². The first kappa shape index (κ1) is 13.9. The Labute approximate surface area is 107 Å². The van der Waals surface area contributed by atoms with Crippen LogP contribution in [0.2, 0.25) is 0 Å². The zero-order valence-electron chi connectivity index (χ0n) is 11.1. The molecule has 1 unspecified atom stereocenters. The molecular weight excluding hydrogens is 232 g/mol. The second-order valence-electron chi connectivity index (χ2n) is 4.53. The molecule has 0 aliphatic heterocycles. The average molecular weight is 252 g/mol. The molecule has 1 aromatic heterocycles. The van der Waals surface area contributed by atoms with Crippen LogP contribution in [0, 0.1) is 13.8 Å². The standard InChI is InChI=1S/C13H20N2OS/c1-8(2)14-10(4)6-12(16)15-13-9(3)7-17-11(13)5/h7,10H,6H2,1-5H3,(H,15,16). The molecule has 3 nitrogen and oxygen atoms in total. The van der Waals surface area contributed by atoms with Gasteiger partial charge in [0.15, 0.2) is 0 Å². The Balaban J connectivity index is 2.59. The number of nitrogens with zero attached hydrogens (tertiary/aromatic N) is 1. The summed E-state index contributed by atoms with van der Waals surface area (Å²) in [5.74, 6) is 0.0344. The minimum Gasteiger partial charge on any atom is -0.325 e. The summed E-state index contributed by atoms with van der Waals surface area (Å²) < 4.78 is 0. The minimum absolute atomic E-state index is 0.0344. The van der Waals surface area contributed by atoms with Crippen LogP contribution < -0.4 is 5.32 Å². The van der Waals surface area contributed by atoms with Gasteiger partial charge in [0, 0.05) is 17.0 Å². The number of amides is 1. The predicted molar refractivity (Wildman–Crippen MR) is 75.3 cm³/mol. The van der Waals surface area contributed by atoms with Crippen LogP contribution in [0.5, 0.6) is 0 Å².